The summed E-state index contributed by atoms with van der Waals surface area (Å²) in [4.78, 5) is 11.5. The van der Waals surface area contributed by atoms with E-state index in [0.717, 1.165) is 45.0 Å². The largest absolute Gasteiger partial charge is 0.246 e. The van der Waals surface area contributed by atoms with Crippen LogP contribution in [0, 0.1) is 0 Å². The first-order valence-electron chi connectivity index (χ1n) is 22.7. The molecule has 0 saturated carbocycles. The number of hydrogen-bond donors (Lipinski definition) is 0. The van der Waals surface area contributed by atoms with Gasteiger partial charge in [-0.3, -0.25) is 0 Å². The van der Waals surface area contributed by atoms with E-state index < -0.39 is 5.41 Å². The van der Waals surface area contributed by atoms with Crippen molar-refractivity contribution in [3.05, 3.63) is 213 Å². The Labute approximate surface area is 374 Å². The fraction of sp³-hybridized carbons (Fsp3) is 0.246. The SMILES string of the molecule is CC(C)(C)c1ccc(C2(c3ccc(C(C)(C)C)cc3)c3ccc(-c4ccc5c(c4)C(C)(C)c4ccccc4-5)nc3-c3nc(-c4ccc5c(c4)C(C)(C)c4ccccc4-5)ccc32)cc1. The Morgan fingerprint density at radius 3 is 1.10 bits per heavy atom. The zero-order valence-corrected chi connectivity index (χ0v) is 38.4. The third kappa shape index (κ3) is 5.69. The van der Waals surface area contributed by atoms with Crippen LogP contribution in [0.2, 0.25) is 0 Å². The summed E-state index contributed by atoms with van der Waals surface area (Å²) in [6, 6.07) is 59.6. The molecule has 2 aromatic heterocycles. The molecular weight excluding hydrogens is 761 g/mol. The normalized spacial score (nSPS) is 15.8. The molecule has 0 fully saturated rings. The average Bonchev–Trinajstić information content (AvgIpc) is 3.79. The summed E-state index contributed by atoms with van der Waals surface area (Å²) in [7, 11) is 0. The maximum absolute atomic E-state index is 5.73. The Morgan fingerprint density at radius 1 is 0.349 bits per heavy atom. The second-order valence-corrected chi connectivity index (χ2v) is 21.5. The van der Waals surface area contributed by atoms with Gasteiger partial charge in [0, 0.05) is 22.0 Å². The number of benzene rings is 6. The van der Waals surface area contributed by atoms with Gasteiger partial charge in [-0.2, -0.15) is 0 Å². The molecule has 0 atom stereocenters. The van der Waals surface area contributed by atoms with Crippen LogP contribution in [0.25, 0.3) is 56.2 Å². The zero-order chi connectivity index (χ0) is 43.8. The third-order valence-corrected chi connectivity index (χ3v) is 14.9. The number of fused-ring (bicyclic) bond motifs is 9. The van der Waals surface area contributed by atoms with Crippen molar-refractivity contribution in [3.8, 4) is 56.2 Å². The van der Waals surface area contributed by atoms with E-state index in [0.29, 0.717) is 0 Å². The first-order valence-corrected chi connectivity index (χ1v) is 22.7. The maximum atomic E-state index is 5.73. The molecule has 0 spiro atoms. The highest BCUT2D eigenvalue weighted by molar-refractivity contribution is 5.88. The second-order valence-electron chi connectivity index (χ2n) is 21.5. The molecule has 11 rings (SSSR count). The van der Waals surface area contributed by atoms with Gasteiger partial charge in [0.05, 0.1) is 28.2 Å². The van der Waals surface area contributed by atoms with Gasteiger partial charge in [0.1, 0.15) is 0 Å². The molecule has 310 valence electrons. The van der Waals surface area contributed by atoms with E-state index in [-0.39, 0.29) is 21.7 Å². The number of hydrogen-bond acceptors (Lipinski definition) is 2. The Hall–Kier alpha value is -6.38. The number of pyridine rings is 2. The molecule has 0 saturated heterocycles. The van der Waals surface area contributed by atoms with Crippen molar-refractivity contribution in [1.29, 1.82) is 0 Å². The fourth-order valence-corrected chi connectivity index (χ4v) is 11.3. The molecule has 0 bridgehead atoms. The molecule has 3 aliphatic carbocycles. The minimum atomic E-state index is -0.641. The van der Waals surface area contributed by atoms with Crippen LogP contribution in [0.15, 0.2) is 158 Å². The van der Waals surface area contributed by atoms with Crippen LogP contribution in [0.3, 0.4) is 0 Å². The zero-order valence-electron chi connectivity index (χ0n) is 38.4. The topological polar surface area (TPSA) is 25.8 Å². The lowest BCUT2D eigenvalue weighted by molar-refractivity contribution is 0.588. The van der Waals surface area contributed by atoms with Gasteiger partial charge in [-0.15, -0.1) is 0 Å². The molecule has 3 aliphatic rings. The van der Waals surface area contributed by atoms with Crippen molar-refractivity contribution in [3.63, 3.8) is 0 Å². The van der Waals surface area contributed by atoms with Crippen molar-refractivity contribution in [2.75, 3.05) is 0 Å². The van der Waals surface area contributed by atoms with E-state index in [1.54, 1.807) is 0 Å². The van der Waals surface area contributed by atoms with E-state index in [1.165, 1.54) is 66.8 Å². The monoisotopic (exact) mass is 816 g/mol. The van der Waals surface area contributed by atoms with Crippen molar-refractivity contribution in [2.45, 2.75) is 96.3 Å². The van der Waals surface area contributed by atoms with E-state index in [4.69, 9.17) is 9.97 Å². The highest BCUT2D eigenvalue weighted by Crippen LogP contribution is 2.57. The number of rotatable bonds is 4. The molecule has 6 aromatic carbocycles. The summed E-state index contributed by atoms with van der Waals surface area (Å²) >= 11 is 0. The molecule has 0 unspecified atom stereocenters. The van der Waals surface area contributed by atoms with Crippen LogP contribution in [0.4, 0.5) is 0 Å². The Kier molecular flexibility index (Phi) is 8.34. The smallest absolute Gasteiger partial charge is 0.0945 e. The lowest BCUT2D eigenvalue weighted by Gasteiger charge is -2.34. The second kappa shape index (κ2) is 13.3. The summed E-state index contributed by atoms with van der Waals surface area (Å²) in [6.07, 6.45) is 0. The lowest BCUT2D eigenvalue weighted by Crippen LogP contribution is -2.29. The highest BCUT2D eigenvalue weighted by atomic mass is 14.8. The molecule has 63 heavy (non-hydrogen) atoms. The molecule has 2 nitrogen and oxygen atoms in total. The summed E-state index contributed by atoms with van der Waals surface area (Å²) in [5.74, 6) is 0. The Morgan fingerprint density at radius 2 is 0.714 bits per heavy atom. The minimum Gasteiger partial charge on any atom is -0.246 e. The van der Waals surface area contributed by atoms with Gasteiger partial charge in [-0.25, -0.2) is 9.97 Å². The quantitative estimate of drug-likeness (QED) is 0.177. The molecule has 2 heteroatoms. The van der Waals surface area contributed by atoms with Gasteiger partial charge in [-0.1, -0.05) is 203 Å². The first kappa shape index (κ1) is 39.5. The predicted octanol–water partition coefficient (Wildman–Crippen LogP) is 15.4. The molecule has 0 aliphatic heterocycles. The lowest BCUT2D eigenvalue weighted by atomic mass is 9.67. The summed E-state index contributed by atoms with van der Waals surface area (Å²) in [6.45, 7) is 23.1. The van der Waals surface area contributed by atoms with Gasteiger partial charge in [0.25, 0.3) is 0 Å². The van der Waals surface area contributed by atoms with Gasteiger partial charge in [0.15, 0.2) is 0 Å². The average molecular weight is 817 g/mol. The summed E-state index contributed by atoms with van der Waals surface area (Å²) < 4.78 is 0. The Balaban J connectivity index is 1.15. The summed E-state index contributed by atoms with van der Waals surface area (Å²) in [5.41, 5.74) is 23.4. The van der Waals surface area contributed by atoms with E-state index in [1.807, 2.05) is 0 Å². The van der Waals surface area contributed by atoms with Crippen molar-refractivity contribution in [1.82, 2.24) is 9.97 Å². The summed E-state index contributed by atoms with van der Waals surface area (Å²) in [5, 5.41) is 0. The van der Waals surface area contributed by atoms with Crippen LogP contribution in [0.5, 0.6) is 0 Å². The van der Waals surface area contributed by atoms with E-state index in [9.17, 15) is 0 Å². The first-order chi connectivity index (χ1) is 30.0. The predicted molar refractivity (Wildman–Crippen MR) is 263 cm³/mol. The van der Waals surface area contributed by atoms with Crippen LogP contribution in [-0.2, 0) is 27.1 Å². The van der Waals surface area contributed by atoms with Gasteiger partial charge < -0.3 is 0 Å². The minimum absolute atomic E-state index is 0.0239. The van der Waals surface area contributed by atoms with E-state index >= 15 is 0 Å². The molecule has 8 aromatic rings. The molecular formula is C61H56N2. The van der Waals surface area contributed by atoms with Crippen LogP contribution >= 0.6 is 0 Å². The molecule has 0 amide bonds. The third-order valence-electron chi connectivity index (χ3n) is 14.9. The molecule has 2 heterocycles. The van der Waals surface area contributed by atoms with Crippen molar-refractivity contribution >= 4 is 0 Å². The van der Waals surface area contributed by atoms with Gasteiger partial charge in [-0.05, 0) is 113 Å². The van der Waals surface area contributed by atoms with Crippen LogP contribution in [-0.4, -0.2) is 9.97 Å². The standard InChI is InChI=1S/C61H56N2/c1-57(2,3)39-21-25-41(26-22-39)61(42-27-23-40(24-28-42)58(4,5)6)49-31-33-53(37-19-29-45-43-15-11-13-17-47(43)59(7,8)51(45)35-37)62-55(49)56-50(61)32-34-54(63-56)38-20-30-46-44-16-12-14-18-48(44)60(9,10)52(46)36-38/h11-36H,1-10H3. The van der Waals surface area contributed by atoms with Crippen LogP contribution < -0.4 is 0 Å². The van der Waals surface area contributed by atoms with Crippen LogP contribution in [0.1, 0.15) is 125 Å². The Bertz CT molecular complexity index is 2950. The number of aromatic nitrogens is 2. The highest BCUT2D eigenvalue weighted by Gasteiger charge is 2.48. The maximum Gasteiger partial charge on any atom is 0.0945 e. The van der Waals surface area contributed by atoms with Gasteiger partial charge >= 0.3 is 0 Å². The van der Waals surface area contributed by atoms with Crippen molar-refractivity contribution in [2.24, 2.45) is 0 Å². The molecule has 0 N–H and O–H groups in total. The van der Waals surface area contributed by atoms with E-state index in [2.05, 4.69) is 227 Å². The van der Waals surface area contributed by atoms with Crippen molar-refractivity contribution < 1.29 is 0 Å². The van der Waals surface area contributed by atoms with Gasteiger partial charge in [0.2, 0.25) is 0 Å². The fourth-order valence-electron chi connectivity index (χ4n) is 11.3. The molecule has 0 radical (unpaired) electrons. The number of nitrogens with zero attached hydrogens (tertiary/aromatic N) is 2.